The van der Waals surface area contributed by atoms with Gasteiger partial charge in [0.05, 0.1) is 6.61 Å². The van der Waals surface area contributed by atoms with Crippen LogP contribution in [-0.2, 0) is 14.3 Å². The van der Waals surface area contributed by atoms with Crippen molar-refractivity contribution < 1.29 is 24.2 Å². The number of carbonyl (C=O) groups is 3. The number of aliphatic hydroxyl groups excluding tert-OH is 1. The fraction of sp³-hybridized carbons (Fsp3) is 0.654. The van der Waals surface area contributed by atoms with Crippen molar-refractivity contribution >= 4 is 17.9 Å². The summed E-state index contributed by atoms with van der Waals surface area (Å²) in [5.41, 5.74) is 0.291. The minimum atomic E-state index is -1.24. The molecule has 0 radical (unpaired) electrons. The fourth-order valence-electron chi connectivity index (χ4n) is 3.52. The lowest BCUT2D eigenvalue weighted by Gasteiger charge is -2.36. The van der Waals surface area contributed by atoms with Crippen LogP contribution in [0, 0.1) is 6.92 Å². The molecule has 192 valence electrons. The minimum absolute atomic E-state index is 0.301. The van der Waals surface area contributed by atoms with E-state index in [9.17, 15) is 19.5 Å². The van der Waals surface area contributed by atoms with Gasteiger partial charge in [-0.2, -0.15) is 0 Å². The molecule has 1 aromatic carbocycles. The quantitative estimate of drug-likeness (QED) is 0.444. The molecule has 8 heteroatoms. The first kappa shape index (κ1) is 29.4. The van der Waals surface area contributed by atoms with Crippen molar-refractivity contribution in [3.8, 4) is 0 Å². The van der Waals surface area contributed by atoms with Gasteiger partial charge in [0.1, 0.15) is 17.7 Å². The van der Waals surface area contributed by atoms with Crippen molar-refractivity contribution in [1.29, 1.82) is 0 Å². The second-order valence-corrected chi connectivity index (χ2v) is 10.6. The molecule has 3 N–H and O–H groups in total. The van der Waals surface area contributed by atoms with Crippen LogP contribution in [0.2, 0.25) is 0 Å². The Bertz CT molecular complexity index is 826. The Morgan fingerprint density at radius 3 is 2.18 bits per heavy atom. The van der Waals surface area contributed by atoms with Gasteiger partial charge >= 0.3 is 6.09 Å². The molecule has 0 fully saturated rings. The first-order valence-corrected chi connectivity index (χ1v) is 12.0. The van der Waals surface area contributed by atoms with Gasteiger partial charge in [0.25, 0.3) is 0 Å². The van der Waals surface area contributed by atoms with Crippen molar-refractivity contribution in [3.63, 3.8) is 0 Å². The number of benzene rings is 1. The highest BCUT2D eigenvalue weighted by Crippen LogP contribution is 2.27. The lowest BCUT2D eigenvalue weighted by atomic mass is 9.96. The Kier molecular flexibility index (Phi) is 11.0. The summed E-state index contributed by atoms with van der Waals surface area (Å²) in [6, 6.07) is 5.27. The van der Waals surface area contributed by atoms with Gasteiger partial charge in [-0.25, -0.2) is 4.79 Å². The monoisotopic (exact) mass is 477 g/mol. The zero-order valence-electron chi connectivity index (χ0n) is 22.0. The third-order valence-electron chi connectivity index (χ3n) is 5.00. The third kappa shape index (κ3) is 9.71. The highest BCUT2D eigenvalue weighted by Gasteiger charge is 2.37. The predicted molar refractivity (Wildman–Crippen MR) is 133 cm³/mol. The predicted octanol–water partition coefficient (Wildman–Crippen LogP) is 3.86. The van der Waals surface area contributed by atoms with Gasteiger partial charge in [0, 0.05) is 12.1 Å². The Morgan fingerprint density at radius 2 is 1.68 bits per heavy atom. The number of aryl methyl sites for hydroxylation is 1. The molecule has 34 heavy (non-hydrogen) atoms. The van der Waals surface area contributed by atoms with Gasteiger partial charge in [0.15, 0.2) is 0 Å². The number of hydrogen-bond donors (Lipinski definition) is 3. The number of aliphatic hydroxyl groups is 1. The highest BCUT2D eigenvalue weighted by atomic mass is 16.6. The van der Waals surface area contributed by atoms with Gasteiger partial charge < -0.3 is 25.4 Å². The molecule has 1 rings (SSSR count). The fourth-order valence-corrected chi connectivity index (χ4v) is 3.52. The van der Waals surface area contributed by atoms with Crippen molar-refractivity contribution in [2.75, 3.05) is 13.2 Å². The molecule has 0 heterocycles. The maximum absolute atomic E-state index is 13.7. The molecule has 0 aliphatic heterocycles. The van der Waals surface area contributed by atoms with Crippen LogP contribution in [0.15, 0.2) is 24.3 Å². The van der Waals surface area contributed by atoms with E-state index < -0.39 is 41.8 Å². The van der Waals surface area contributed by atoms with Crippen LogP contribution in [0.4, 0.5) is 4.79 Å². The number of carbonyl (C=O) groups excluding carboxylic acids is 3. The maximum Gasteiger partial charge on any atom is 0.408 e. The molecule has 8 nitrogen and oxygen atoms in total. The molecule has 3 amide bonds. The van der Waals surface area contributed by atoms with E-state index in [4.69, 9.17) is 4.74 Å². The van der Waals surface area contributed by atoms with E-state index in [0.29, 0.717) is 18.5 Å². The Hall–Kier alpha value is -2.61. The Labute approximate surface area is 204 Å². The highest BCUT2D eigenvalue weighted by molar-refractivity contribution is 5.92. The smallest absolute Gasteiger partial charge is 0.408 e. The first-order valence-electron chi connectivity index (χ1n) is 12.0. The van der Waals surface area contributed by atoms with E-state index in [-0.39, 0.29) is 5.91 Å². The van der Waals surface area contributed by atoms with Gasteiger partial charge in [0.2, 0.25) is 11.8 Å². The van der Waals surface area contributed by atoms with Crippen LogP contribution in [0.1, 0.15) is 84.9 Å². The second-order valence-electron chi connectivity index (χ2n) is 10.6. The topological polar surface area (TPSA) is 108 Å². The van der Waals surface area contributed by atoms with Crippen LogP contribution >= 0.6 is 0 Å². The van der Waals surface area contributed by atoms with E-state index in [1.165, 1.54) is 4.90 Å². The average Bonchev–Trinajstić information content (AvgIpc) is 2.69. The molecule has 0 saturated carbocycles. The van der Waals surface area contributed by atoms with E-state index in [1.807, 2.05) is 52.0 Å². The molecule has 0 saturated heterocycles. The molecule has 0 spiro atoms. The van der Waals surface area contributed by atoms with Gasteiger partial charge in [-0.15, -0.1) is 0 Å². The number of rotatable bonds is 10. The number of hydrogen-bond acceptors (Lipinski definition) is 5. The standard InChI is InChI=1S/C26H43N3O5/c1-9-10-13-16-29(23(32)20(17-30)27-24(33)34-26(6,7)8)21(22(31)28-25(3,4)5)19-15-12-11-14-18(19)2/h11-12,14-15,20-21,30H,9-10,13,16-17H2,1-8H3,(H,27,33)(H,28,31). The molecule has 0 bridgehead atoms. The molecule has 2 unspecified atom stereocenters. The van der Waals surface area contributed by atoms with Crippen molar-refractivity contribution in [2.24, 2.45) is 0 Å². The summed E-state index contributed by atoms with van der Waals surface area (Å²) < 4.78 is 5.26. The molecule has 1 aromatic rings. The number of unbranched alkanes of at least 4 members (excludes halogenated alkanes) is 2. The number of alkyl carbamates (subject to hydrolysis) is 1. The lowest BCUT2D eigenvalue weighted by Crippen LogP contribution is -2.56. The zero-order chi connectivity index (χ0) is 26.1. The number of nitrogens with zero attached hydrogens (tertiary/aromatic N) is 1. The maximum atomic E-state index is 13.7. The Balaban J connectivity index is 3.42. The third-order valence-corrected chi connectivity index (χ3v) is 5.00. The van der Waals surface area contributed by atoms with Gasteiger partial charge in [-0.3, -0.25) is 9.59 Å². The molecular weight excluding hydrogens is 434 g/mol. The van der Waals surface area contributed by atoms with Crippen LogP contribution in [0.25, 0.3) is 0 Å². The summed E-state index contributed by atoms with van der Waals surface area (Å²) in [5, 5.41) is 15.4. The van der Waals surface area contributed by atoms with Crippen molar-refractivity contribution in [2.45, 2.75) is 97.9 Å². The van der Waals surface area contributed by atoms with Gasteiger partial charge in [-0.1, -0.05) is 44.0 Å². The van der Waals surface area contributed by atoms with Gasteiger partial charge in [-0.05, 0) is 66.0 Å². The lowest BCUT2D eigenvalue weighted by molar-refractivity contribution is -0.144. The van der Waals surface area contributed by atoms with E-state index in [0.717, 1.165) is 18.4 Å². The first-order chi connectivity index (χ1) is 15.7. The summed E-state index contributed by atoms with van der Waals surface area (Å²) in [7, 11) is 0. The average molecular weight is 478 g/mol. The van der Waals surface area contributed by atoms with Crippen molar-refractivity contribution in [3.05, 3.63) is 35.4 Å². The van der Waals surface area contributed by atoms with Crippen LogP contribution in [0.5, 0.6) is 0 Å². The molecular formula is C26H43N3O5. The normalized spacial score (nSPS) is 13.6. The minimum Gasteiger partial charge on any atom is -0.444 e. The van der Waals surface area contributed by atoms with Crippen molar-refractivity contribution in [1.82, 2.24) is 15.5 Å². The summed E-state index contributed by atoms with van der Waals surface area (Å²) >= 11 is 0. The Morgan fingerprint density at radius 1 is 1.06 bits per heavy atom. The van der Waals surface area contributed by atoms with Crippen LogP contribution < -0.4 is 10.6 Å². The summed E-state index contributed by atoms with van der Waals surface area (Å²) in [5.74, 6) is -0.859. The van der Waals surface area contributed by atoms with Crippen LogP contribution in [0.3, 0.4) is 0 Å². The molecule has 0 aliphatic carbocycles. The summed E-state index contributed by atoms with van der Waals surface area (Å²) in [6.45, 7) is 14.4. The SMILES string of the molecule is CCCCCN(C(=O)C(CO)NC(=O)OC(C)(C)C)C(C(=O)NC(C)(C)C)c1ccccc1C. The number of ether oxygens (including phenoxy) is 1. The van der Waals surface area contributed by atoms with E-state index >= 15 is 0 Å². The molecule has 0 aromatic heterocycles. The van der Waals surface area contributed by atoms with Crippen LogP contribution in [-0.4, -0.2) is 58.2 Å². The number of amides is 3. The molecule has 2 atom stereocenters. The second kappa shape index (κ2) is 12.7. The zero-order valence-corrected chi connectivity index (χ0v) is 22.0. The summed E-state index contributed by atoms with van der Waals surface area (Å²) in [6.07, 6.45) is 1.68. The van der Waals surface area contributed by atoms with E-state index in [1.54, 1.807) is 20.8 Å². The number of nitrogens with one attached hydrogen (secondary N) is 2. The molecule has 0 aliphatic rings. The summed E-state index contributed by atoms with van der Waals surface area (Å²) in [4.78, 5) is 41.0. The largest absolute Gasteiger partial charge is 0.444 e. The van der Waals surface area contributed by atoms with E-state index in [2.05, 4.69) is 17.6 Å².